The molecule has 1 unspecified atom stereocenters. The van der Waals surface area contributed by atoms with Gasteiger partial charge in [-0.1, -0.05) is 0 Å². The maximum absolute atomic E-state index is 10.8. The number of hydrogen-bond donors (Lipinski definition) is 2. The van der Waals surface area contributed by atoms with Gasteiger partial charge < -0.3 is 5.11 Å². The minimum atomic E-state index is -1.19. The molecule has 0 aliphatic carbocycles. The Bertz CT molecular complexity index is 197. The third-order valence-corrected chi connectivity index (χ3v) is 1.75. The van der Waals surface area contributed by atoms with E-state index in [0.717, 1.165) is 0 Å². The minimum Gasteiger partial charge on any atom is -0.382 e. The highest BCUT2D eigenvalue weighted by molar-refractivity contribution is 6.08. The molecule has 1 rings (SSSR count). The lowest BCUT2D eigenvalue weighted by Crippen LogP contribution is -2.31. The molecule has 0 bridgehead atoms. The van der Waals surface area contributed by atoms with E-state index < -0.39 is 23.3 Å². The average Bonchev–Trinajstić information content (AvgIpc) is 1.97. The average molecular weight is 143 g/mol. The predicted molar refractivity (Wildman–Crippen MR) is 32.9 cm³/mol. The lowest BCUT2D eigenvalue weighted by Gasteiger charge is -2.15. The van der Waals surface area contributed by atoms with Gasteiger partial charge in [0.05, 0.1) is 5.41 Å². The van der Waals surface area contributed by atoms with Crippen molar-refractivity contribution in [2.45, 2.75) is 20.0 Å². The molecule has 1 saturated heterocycles. The summed E-state index contributed by atoms with van der Waals surface area (Å²) in [6.07, 6.45) is -1.19. The summed E-state index contributed by atoms with van der Waals surface area (Å²) in [5.41, 5.74) is -0.961. The van der Waals surface area contributed by atoms with Crippen molar-refractivity contribution in [3.8, 4) is 0 Å². The van der Waals surface area contributed by atoms with E-state index in [1.165, 1.54) is 13.8 Å². The van der Waals surface area contributed by atoms with Crippen LogP contribution in [0.4, 0.5) is 0 Å². The molecule has 0 aromatic heterocycles. The predicted octanol–water partition coefficient (Wildman–Crippen LogP) is -0.970. The molecule has 4 nitrogen and oxygen atoms in total. The van der Waals surface area contributed by atoms with Crippen LogP contribution >= 0.6 is 0 Å². The van der Waals surface area contributed by atoms with Crippen LogP contribution in [0.1, 0.15) is 13.8 Å². The van der Waals surface area contributed by atoms with Gasteiger partial charge in [-0.3, -0.25) is 14.9 Å². The number of carbonyl (C=O) groups is 2. The van der Waals surface area contributed by atoms with Crippen molar-refractivity contribution in [3.63, 3.8) is 0 Å². The first kappa shape index (κ1) is 7.21. The Hall–Kier alpha value is -0.900. The van der Waals surface area contributed by atoms with Gasteiger partial charge in [-0.15, -0.1) is 0 Å². The monoisotopic (exact) mass is 143 g/mol. The van der Waals surface area contributed by atoms with Crippen molar-refractivity contribution >= 4 is 11.8 Å². The Kier molecular flexibility index (Phi) is 1.29. The van der Waals surface area contributed by atoms with Gasteiger partial charge >= 0.3 is 0 Å². The Labute approximate surface area is 58.2 Å². The smallest absolute Gasteiger partial charge is 0.256 e. The zero-order valence-electron chi connectivity index (χ0n) is 5.84. The van der Waals surface area contributed by atoms with E-state index in [0.29, 0.717) is 0 Å². The molecule has 1 heterocycles. The van der Waals surface area contributed by atoms with E-state index in [4.69, 9.17) is 5.11 Å². The SMILES string of the molecule is CC1(C)C(=O)NC(=O)C1O. The van der Waals surface area contributed by atoms with Crippen LogP contribution in [0.2, 0.25) is 0 Å². The first-order valence-corrected chi connectivity index (χ1v) is 2.99. The second kappa shape index (κ2) is 1.79. The summed E-state index contributed by atoms with van der Waals surface area (Å²) in [7, 11) is 0. The molecule has 0 aromatic carbocycles. The molecule has 0 aromatic rings. The lowest BCUT2D eigenvalue weighted by molar-refractivity contribution is -0.129. The molecule has 2 N–H and O–H groups in total. The van der Waals surface area contributed by atoms with Crippen molar-refractivity contribution in [3.05, 3.63) is 0 Å². The van der Waals surface area contributed by atoms with E-state index >= 15 is 0 Å². The highest BCUT2D eigenvalue weighted by atomic mass is 16.3. The van der Waals surface area contributed by atoms with E-state index in [1.54, 1.807) is 0 Å². The molecular weight excluding hydrogens is 134 g/mol. The Morgan fingerprint density at radius 1 is 1.50 bits per heavy atom. The Morgan fingerprint density at radius 2 is 2.00 bits per heavy atom. The second-order valence-electron chi connectivity index (χ2n) is 2.94. The summed E-state index contributed by atoms with van der Waals surface area (Å²) in [6.45, 7) is 3.05. The molecule has 0 spiro atoms. The van der Waals surface area contributed by atoms with Gasteiger partial charge in [-0.2, -0.15) is 0 Å². The van der Waals surface area contributed by atoms with E-state index in [1.807, 2.05) is 5.32 Å². The number of rotatable bonds is 0. The number of hydrogen-bond acceptors (Lipinski definition) is 3. The topological polar surface area (TPSA) is 66.4 Å². The van der Waals surface area contributed by atoms with Crippen LogP contribution in [0, 0.1) is 5.41 Å². The van der Waals surface area contributed by atoms with E-state index in [2.05, 4.69) is 0 Å². The van der Waals surface area contributed by atoms with Crippen LogP contribution in [0.15, 0.2) is 0 Å². The molecule has 0 radical (unpaired) electrons. The largest absolute Gasteiger partial charge is 0.382 e. The molecule has 1 atom stereocenters. The molecule has 56 valence electrons. The van der Waals surface area contributed by atoms with Crippen LogP contribution < -0.4 is 5.32 Å². The fraction of sp³-hybridized carbons (Fsp3) is 0.667. The van der Waals surface area contributed by atoms with Gasteiger partial charge in [0.15, 0.2) is 0 Å². The van der Waals surface area contributed by atoms with Crippen molar-refractivity contribution in [2.24, 2.45) is 5.41 Å². The zero-order valence-corrected chi connectivity index (χ0v) is 5.84. The fourth-order valence-corrected chi connectivity index (χ4v) is 0.793. The third-order valence-electron chi connectivity index (χ3n) is 1.75. The van der Waals surface area contributed by atoms with Crippen LogP contribution in [-0.4, -0.2) is 23.0 Å². The zero-order chi connectivity index (χ0) is 7.94. The van der Waals surface area contributed by atoms with Crippen molar-refractivity contribution in [2.75, 3.05) is 0 Å². The quantitative estimate of drug-likeness (QED) is 0.429. The van der Waals surface area contributed by atoms with Crippen LogP contribution in [0.3, 0.4) is 0 Å². The standard InChI is InChI=1S/C6H9NO3/c1-6(2)3(8)4(9)7-5(6)10/h3,8H,1-2H3,(H,7,9,10). The van der Waals surface area contributed by atoms with E-state index in [9.17, 15) is 9.59 Å². The molecule has 0 saturated carbocycles. The van der Waals surface area contributed by atoms with Gasteiger partial charge in [0, 0.05) is 0 Å². The summed E-state index contributed by atoms with van der Waals surface area (Å²) in [6, 6.07) is 0. The summed E-state index contributed by atoms with van der Waals surface area (Å²) in [4.78, 5) is 21.4. The van der Waals surface area contributed by atoms with Crippen LogP contribution in [0.25, 0.3) is 0 Å². The number of aliphatic hydroxyl groups excluding tert-OH is 1. The Morgan fingerprint density at radius 3 is 2.10 bits per heavy atom. The van der Waals surface area contributed by atoms with Gasteiger partial charge in [-0.25, -0.2) is 0 Å². The van der Waals surface area contributed by atoms with Crippen LogP contribution in [0.5, 0.6) is 0 Å². The number of amides is 2. The maximum Gasteiger partial charge on any atom is 0.256 e. The van der Waals surface area contributed by atoms with Crippen LogP contribution in [-0.2, 0) is 9.59 Å². The number of carbonyl (C=O) groups excluding carboxylic acids is 2. The molecule has 2 amide bonds. The third kappa shape index (κ3) is 0.724. The van der Waals surface area contributed by atoms with Crippen molar-refractivity contribution < 1.29 is 14.7 Å². The molecule has 1 fully saturated rings. The highest BCUT2D eigenvalue weighted by Crippen LogP contribution is 2.25. The van der Waals surface area contributed by atoms with Gasteiger partial charge in [0.25, 0.3) is 5.91 Å². The highest BCUT2D eigenvalue weighted by Gasteiger charge is 2.47. The molecule has 1 aliphatic heterocycles. The number of imide groups is 1. The Balaban J connectivity index is 2.96. The molecular formula is C6H9NO3. The first-order valence-electron chi connectivity index (χ1n) is 2.99. The fourth-order valence-electron chi connectivity index (χ4n) is 0.793. The molecule has 1 aliphatic rings. The second-order valence-corrected chi connectivity index (χ2v) is 2.94. The molecule has 4 heteroatoms. The summed E-state index contributed by atoms with van der Waals surface area (Å²) >= 11 is 0. The number of aliphatic hydroxyl groups is 1. The maximum atomic E-state index is 10.8. The molecule has 10 heavy (non-hydrogen) atoms. The van der Waals surface area contributed by atoms with E-state index in [-0.39, 0.29) is 0 Å². The summed E-state index contributed by atoms with van der Waals surface area (Å²) in [5, 5.41) is 11.1. The van der Waals surface area contributed by atoms with Crippen molar-refractivity contribution in [1.29, 1.82) is 0 Å². The minimum absolute atomic E-state index is 0.412. The first-order chi connectivity index (χ1) is 4.46. The van der Waals surface area contributed by atoms with Crippen molar-refractivity contribution in [1.82, 2.24) is 5.32 Å². The van der Waals surface area contributed by atoms with Gasteiger partial charge in [0.1, 0.15) is 6.10 Å². The number of nitrogens with one attached hydrogen (secondary N) is 1. The van der Waals surface area contributed by atoms with Gasteiger partial charge in [-0.05, 0) is 13.8 Å². The summed E-state index contributed by atoms with van der Waals surface area (Å²) < 4.78 is 0. The normalized spacial score (nSPS) is 30.5. The lowest BCUT2D eigenvalue weighted by atomic mass is 9.89. The summed E-state index contributed by atoms with van der Waals surface area (Å²) in [5.74, 6) is -1.01. The van der Waals surface area contributed by atoms with Gasteiger partial charge in [0.2, 0.25) is 5.91 Å².